The Labute approximate surface area is 419 Å². The molecule has 2 aromatic heterocycles. The van der Waals surface area contributed by atoms with E-state index < -0.39 is 0 Å². The van der Waals surface area contributed by atoms with E-state index in [4.69, 9.17) is 38.1 Å². The molecule has 16 nitrogen and oxygen atoms in total. The molecule has 2 aliphatic rings. The molecule has 2 amide bonds. The quantitative estimate of drug-likeness (QED) is 0.0485. The van der Waals surface area contributed by atoms with E-state index in [0.29, 0.717) is 118 Å². The van der Waals surface area contributed by atoms with Gasteiger partial charge in [0.05, 0.1) is 96.5 Å². The molecule has 1 saturated heterocycles. The number of piperazine rings is 1. The Balaban J connectivity index is 0.688. The fraction of sp³-hybridized carbons (Fsp3) is 0.491. The van der Waals surface area contributed by atoms with Crippen LogP contribution >= 0.6 is 0 Å². The third kappa shape index (κ3) is 16.6. The van der Waals surface area contributed by atoms with E-state index >= 15 is 0 Å². The standard InChI is InChI=1S/C55H73N7O9/c1-41-37-61(48(35-58-41)39-65-4)38-52(63)62-40-55(2,3)53-51(62)31-43(33-59-53)29-42-9-8-12-49(30-42)71-28-27-70-26-25-69-24-23-68-22-21-67-20-19-66-18-17-57-36-50(44-10-6-5-7-11-44)54(64)60-47-14-13-46-34-56-16-15-45(46)32-47/h5-16,30-34,41,48,50,57-58H,17-29,35-40H2,1-4H3,(H,60,64)/t41-,48-,50-/m1/s1. The summed E-state index contributed by atoms with van der Waals surface area (Å²) >= 11 is 0. The van der Waals surface area contributed by atoms with Crippen molar-refractivity contribution in [2.75, 3.05) is 136 Å². The van der Waals surface area contributed by atoms with Crippen LogP contribution in [0, 0.1) is 0 Å². The van der Waals surface area contributed by atoms with Crippen LogP contribution in [-0.4, -0.2) is 164 Å². The van der Waals surface area contributed by atoms with Gasteiger partial charge in [-0.15, -0.1) is 0 Å². The number of carbonyl (C=O) groups is 2. The number of anilines is 2. The number of nitrogens with zero attached hydrogens (tertiary/aromatic N) is 4. The smallest absolute Gasteiger partial charge is 0.241 e. The van der Waals surface area contributed by atoms with Gasteiger partial charge in [-0.3, -0.25) is 24.5 Å². The topological polar surface area (TPSA) is 167 Å². The lowest BCUT2D eigenvalue weighted by Gasteiger charge is -2.39. The van der Waals surface area contributed by atoms with Crippen LogP contribution in [0.15, 0.2) is 104 Å². The van der Waals surface area contributed by atoms with Crippen LogP contribution in [0.2, 0.25) is 0 Å². The van der Waals surface area contributed by atoms with E-state index in [9.17, 15) is 9.59 Å². The maximum Gasteiger partial charge on any atom is 0.241 e. The lowest BCUT2D eigenvalue weighted by molar-refractivity contribution is -0.121. The molecule has 0 aliphatic carbocycles. The van der Waals surface area contributed by atoms with Gasteiger partial charge in [0.25, 0.3) is 0 Å². The monoisotopic (exact) mass is 976 g/mol. The molecule has 0 bridgehead atoms. The summed E-state index contributed by atoms with van der Waals surface area (Å²) in [6.07, 6.45) is 6.16. The second kappa shape index (κ2) is 28.0. The second-order valence-electron chi connectivity index (χ2n) is 18.8. The number of ether oxygens (including phenoxy) is 7. The van der Waals surface area contributed by atoms with Gasteiger partial charge in [-0.25, -0.2) is 0 Å². The summed E-state index contributed by atoms with van der Waals surface area (Å²) in [5, 5.41) is 12.0. The molecular weight excluding hydrogens is 903 g/mol. The summed E-state index contributed by atoms with van der Waals surface area (Å²) in [4.78, 5) is 40.5. The molecule has 0 radical (unpaired) electrons. The number of methoxy groups -OCH3 is 1. The predicted octanol–water partition coefficient (Wildman–Crippen LogP) is 5.63. The summed E-state index contributed by atoms with van der Waals surface area (Å²) in [5.41, 5.74) is 5.46. The van der Waals surface area contributed by atoms with E-state index in [0.717, 1.165) is 63.4 Å². The first-order valence-electron chi connectivity index (χ1n) is 24.9. The molecule has 382 valence electrons. The third-order valence-electron chi connectivity index (χ3n) is 12.6. The number of aromatic nitrogens is 2. The average Bonchev–Trinajstić information content (AvgIpc) is 3.64. The van der Waals surface area contributed by atoms with Gasteiger partial charge in [-0.1, -0.05) is 62.4 Å². The zero-order valence-corrected chi connectivity index (χ0v) is 41.9. The Morgan fingerprint density at radius 1 is 0.789 bits per heavy atom. The minimum absolute atomic E-state index is 0.0739. The minimum atomic E-state index is -0.364. The van der Waals surface area contributed by atoms with E-state index in [1.165, 1.54) is 0 Å². The number of amides is 2. The van der Waals surface area contributed by atoms with E-state index in [1.54, 1.807) is 13.3 Å². The number of hydrogen-bond donors (Lipinski definition) is 3. The first-order chi connectivity index (χ1) is 34.7. The fourth-order valence-electron chi connectivity index (χ4n) is 8.95. The molecule has 5 aromatic rings. The van der Waals surface area contributed by atoms with Gasteiger partial charge in [0.15, 0.2) is 0 Å². The summed E-state index contributed by atoms with van der Waals surface area (Å²) < 4.78 is 39.9. The summed E-state index contributed by atoms with van der Waals surface area (Å²) in [6.45, 7) is 15.7. The van der Waals surface area contributed by atoms with Gasteiger partial charge in [-0.2, -0.15) is 0 Å². The molecule has 1 fully saturated rings. The fourth-order valence-corrected chi connectivity index (χ4v) is 8.95. The first kappa shape index (κ1) is 53.4. The van der Waals surface area contributed by atoms with E-state index in [-0.39, 0.29) is 29.2 Å². The molecule has 71 heavy (non-hydrogen) atoms. The minimum Gasteiger partial charge on any atom is -0.491 e. The van der Waals surface area contributed by atoms with Gasteiger partial charge in [0.1, 0.15) is 12.4 Å². The van der Waals surface area contributed by atoms with Crippen molar-refractivity contribution in [2.24, 2.45) is 0 Å². The van der Waals surface area contributed by atoms with Crippen molar-refractivity contribution in [2.45, 2.75) is 50.6 Å². The van der Waals surface area contributed by atoms with Crippen molar-refractivity contribution < 1.29 is 42.7 Å². The Bertz CT molecular complexity index is 2410. The second-order valence-corrected chi connectivity index (χ2v) is 18.8. The normalized spacial score (nSPS) is 17.0. The Morgan fingerprint density at radius 2 is 1.51 bits per heavy atom. The van der Waals surface area contributed by atoms with Gasteiger partial charge in [0.2, 0.25) is 11.8 Å². The number of nitrogens with one attached hydrogen (secondary N) is 3. The maximum atomic E-state index is 13.9. The maximum absolute atomic E-state index is 13.9. The van der Waals surface area contributed by atoms with Crippen LogP contribution in [0.5, 0.6) is 5.75 Å². The largest absolute Gasteiger partial charge is 0.491 e. The van der Waals surface area contributed by atoms with Crippen LogP contribution in [0.1, 0.15) is 49.1 Å². The molecule has 16 heteroatoms. The molecule has 2 aliphatic heterocycles. The Morgan fingerprint density at radius 3 is 2.24 bits per heavy atom. The third-order valence-corrected chi connectivity index (χ3v) is 12.6. The van der Waals surface area contributed by atoms with Gasteiger partial charge >= 0.3 is 0 Å². The zero-order valence-electron chi connectivity index (χ0n) is 41.9. The van der Waals surface area contributed by atoms with Gasteiger partial charge in [0, 0.05) is 87.0 Å². The summed E-state index contributed by atoms with van der Waals surface area (Å²) in [6, 6.07) is 28.2. The number of pyridine rings is 2. The van der Waals surface area contributed by atoms with Crippen molar-refractivity contribution in [3.05, 3.63) is 126 Å². The van der Waals surface area contributed by atoms with Crippen LogP contribution in [-0.2, 0) is 49.8 Å². The molecule has 0 saturated carbocycles. The number of fused-ring (bicyclic) bond motifs is 2. The van der Waals surface area contributed by atoms with E-state index in [1.807, 2.05) is 90.1 Å². The highest BCUT2D eigenvalue weighted by molar-refractivity contribution is 5.98. The lowest BCUT2D eigenvalue weighted by atomic mass is 9.91. The number of carbonyl (C=O) groups excluding carboxylic acids is 2. The molecule has 3 atom stereocenters. The summed E-state index contributed by atoms with van der Waals surface area (Å²) in [5.74, 6) is 0.428. The van der Waals surface area contributed by atoms with Crippen molar-refractivity contribution in [3.8, 4) is 5.75 Å². The number of benzene rings is 3. The van der Waals surface area contributed by atoms with Crippen LogP contribution in [0.4, 0.5) is 11.4 Å². The highest BCUT2D eigenvalue weighted by atomic mass is 16.6. The van der Waals surface area contributed by atoms with Crippen molar-refractivity contribution >= 4 is 34.0 Å². The highest BCUT2D eigenvalue weighted by Crippen LogP contribution is 2.40. The molecular formula is C55H73N7O9. The lowest BCUT2D eigenvalue weighted by Crippen LogP contribution is -2.59. The first-order valence-corrected chi connectivity index (χ1v) is 24.9. The average molecular weight is 976 g/mol. The van der Waals surface area contributed by atoms with Crippen LogP contribution < -0.4 is 25.6 Å². The predicted molar refractivity (Wildman–Crippen MR) is 276 cm³/mol. The molecule has 4 heterocycles. The van der Waals surface area contributed by atoms with Crippen molar-refractivity contribution in [3.63, 3.8) is 0 Å². The Kier molecular flexibility index (Phi) is 21.1. The Hall–Kier alpha value is -5.40. The van der Waals surface area contributed by atoms with Crippen LogP contribution in [0.3, 0.4) is 0 Å². The SMILES string of the molecule is COC[C@H]1CN[C@H](C)CN1CC(=O)N1CC(C)(C)c2ncc(Cc3cccc(OCCOCCOCCOCCOCCOCCNC[C@@H](C(=O)Nc4ccc5cnccc5c4)c4ccccc4)c3)cc21. The number of hydrogen-bond acceptors (Lipinski definition) is 14. The van der Waals surface area contributed by atoms with Gasteiger partial charge in [-0.05, 0) is 71.8 Å². The molecule has 3 N–H and O–H groups in total. The zero-order chi connectivity index (χ0) is 49.7. The molecule has 7 rings (SSSR count). The van der Waals surface area contributed by atoms with Crippen molar-refractivity contribution in [1.82, 2.24) is 25.5 Å². The number of rotatable bonds is 30. The van der Waals surface area contributed by atoms with Crippen molar-refractivity contribution in [1.29, 1.82) is 0 Å². The molecule has 0 unspecified atom stereocenters. The van der Waals surface area contributed by atoms with Gasteiger partial charge < -0.3 is 54.0 Å². The molecule has 3 aromatic carbocycles. The summed E-state index contributed by atoms with van der Waals surface area (Å²) in [7, 11) is 1.71. The van der Waals surface area contributed by atoms with E-state index in [2.05, 4.69) is 58.7 Å². The van der Waals surface area contributed by atoms with Crippen LogP contribution in [0.25, 0.3) is 10.8 Å². The molecule has 0 spiro atoms. The highest BCUT2D eigenvalue weighted by Gasteiger charge is 2.40.